The third-order valence-electron chi connectivity index (χ3n) is 2.36. The zero-order chi connectivity index (χ0) is 11.4. The maximum atomic E-state index is 11.3. The first-order chi connectivity index (χ1) is 7.08. The fraction of sp³-hybridized carbons (Fsp3) is 0.300. The average molecular weight is 221 g/mol. The minimum Gasteiger partial charge on any atom is -0.326 e. The Morgan fingerprint density at radius 2 is 2.20 bits per heavy atom. The van der Waals surface area contributed by atoms with Crippen LogP contribution in [0.3, 0.4) is 0 Å². The van der Waals surface area contributed by atoms with Crippen molar-refractivity contribution >= 4 is 44.4 Å². The second kappa shape index (κ2) is 5.26. The van der Waals surface area contributed by atoms with Gasteiger partial charge in [0.25, 0.3) is 0 Å². The molecule has 1 aromatic carbocycles. The molecule has 78 valence electrons. The number of benzene rings is 1. The summed E-state index contributed by atoms with van der Waals surface area (Å²) in [6, 6.07) is 3.84. The first kappa shape index (κ1) is 12.2. The van der Waals surface area contributed by atoms with E-state index < -0.39 is 0 Å². The Morgan fingerprint density at radius 1 is 1.53 bits per heavy atom. The molecule has 0 heterocycles. The van der Waals surface area contributed by atoms with E-state index in [4.69, 9.17) is 11.6 Å². The van der Waals surface area contributed by atoms with Gasteiger partial charge in [-0.2, -0.15) is 0 Å². The van der Waals surface area contributed by atoms with Gasteiger partial charge in [0.1, 0.15) is 15.7 Å². The first-order valence-corrected chi connectivity index (χ1v) is 5.55. The highest BCUT2D eigenvalue weighted by atomic mass is 35.5. The van der Waals surface area contributed by atoms with Crippen LogP contribution in [0, 0.1) is 0 Å². The summed E-state index contributed by atoms with van der Waals surface area (Å²) in [5.41, 5.74) is 3.00. The lowest BCUT2D eigenvalue weighted by atomic mass is 9.88. The van der Waals surface area contributed by atoms with Crippen LogP contribution in [0.25, 0.3) is 0 Å². The number of nitrogens with one attached hydrogen (secondary N) is 1. The fourth-order valence-electron chi connectivity index (χ4n) is 1.39. The summed E-state index contributed by atoms with van der Waals surface area (Å²) >= 11 is 6.02. The van der Waals surface area contributed by atoms with E-state index in [9.17, 15) is 4.79 Å². The molecule has 1 rings (SSSR count). The van der Waals surface area contributed by atoms with E-state index in [1.54, 1.807) is 0 Å². The Kier molecular flexibility index (Phi) is 4.28. The Bertz CT molecular complexity index is 382. The molecule has 1 N–H and O–H groups in total. The molecule has 5 heteroatoms. The van der Waals surface area contributed by atoms with Crippen molar-refractivity contribution in [2.45, 2.75) is 19.7 Å². The van der Waals surface area contributed by atoms with Crippen molar-refractivity contribution in [1.29, 1.82) is 0 Å². The quantitative estimate of drug-likeness (QED) is 0.720. The van der Waals surface area contributed by atoms with E-state index in [1.807, 2.05) is 26.9 Å². The lowest BCUT2D eigenvalue weighted by molar-refractivity contribution is -0.115. The topological polar surface area (TPSA) is 29.1 Å². The predicted octanol–water partition coefficient (Wildman–Crippen LogP) is 0.0800. The summed E-state index contributed by atoms with van der Waals surface area (Å²) in [5, 5.41) is 3.55. The van der Waals surface area contributed by atoms with Gasteiger partial charge >= 0.3 is 0 Å². The summed E-state index contributed by atoms with van der Waals surface area (Å²) in [4.78, 5) is 11.3. The lowest BCUT2D eigenvalue weighted by Crippen LogP contribution is -2.14. The molecule has 0 aliphatic carbocycles. The van der Waals surface area contributed by atoms with Crippen LogP contribution < -0.4 is 10.8 Å². The number of hydrogen-bond donors (Lipinski definition) is 1. The van der Waals surface area contributed by atoms with Crippen molar-refractivity contribution in [3.8, 4) is 0 Å². The summed E-state index contributed by atoms with van der Waals surface area (Å²) in [6.07, 6.45) is 1.37. The summed E-state index contributed by atoms with van der Waals surface area (Å²) < 4.78 is 0. The number of amides is 1. The monoisotopic (exact) mass is 221 g/mol. The van der Waals surface area contributed by atoms with Crippen molar-refractivity contribution in [3.05, 3.63) is 22.7 Å². The Labute approximate surface area is 97.2 Å². The van der Waals surface area contributed by atoms with Crippen molar-refractivity contribution in [1.82, 2.24) is 0 Å². The van der Waals surface area contributed by atoms with Gasteiger partial charge in [0.2, 0.25) is 5.91 Å². The third-order valence-corrected chi connectivity index (χ3v) is 2.77. The molecule has 0 saturated carbocycles. The van der Waals surface area contributed by atoms with Gasteiger partial charge in [-0.05, 0) is 11.6 Å². The Balaban J connectivity index is 3.05. The van der Waals surface area contributed by atoms with Crippen LogP contribution in [-0.4, -0.2) is 21.6 Å². The number of halogens is 1. The van der Waals surface area contributed by atoms with Gasteiger partial charge in [-0.15, -0.1) is 0 Å². The number of hydrogen-bond acceptors (Lipinski definition) is 1. The predicted molar refractivity (Wildman–Crippen MR) is 70.8 cm³/mol. The molecule has 0 unspecified atom stereocenters. The first-order valence-electron chi connectivity index (χ1n) is 5.17. The van der Waals surface area contributed by atoms with E-state index in [0.29, 0.717) is 11.4 Å². The molecular weight excluding hydrogens is 207 g/mol. The Hall–Kier alpha value is -0.890. The van der Waals surface area contributed by atoms with Gasteiger partial charge in [-0.25, -0.2) is 0 Å². The molecular formula is C10H14B2ClNO. The minimum absolute atomic E-state index is 0.0182. The molecule has 0 aliphatic rings. The fourth-order valence-corrected chi connectivity index (χ4v) is 1.55. The number of rotatable bonds is 3. The lowest BCUT2D eigenvalue weighted by Gasteiger charge is -2.11. The number of carbonyl (C=O) groups is 1. The highest BCUT2D eigenvalue weighted by molar-refractivity contribution is 6.45. The second-order valence-corrected chi connectivity index (χ2v) is 3.92. The molecule has 0 saturated heterocycles. The van der Waals surface area contributed by atoms with Gasteiger partial charge in [0.05, 0.1) is 0 Å². The van der Waals surface area contributed by atoms with Crippen LogP contribution >= 0.6 is 11.6 Å². The van der Waals surface area contributed by atoms with E-state index >= 15 is 0 Å². The maximum Gasteiger partial charge on any atom is 0.224 e. The zero-order valence-electron chi connectivity index (χ0n) is 9.36. The molecule has 1 aromatic rings. The molecule has 0 atom stereocenters. The van der Waals surface area contributed by atoms with E-state index in [1.165, 1.54) is 0 Å². The molecule has 0 aromatic heterocycles. The van der Waals surface area contributed by atoms with Gasteiger partial charge in [-0.1, -0.05) is 36.4 Å². The molecule has 15 heavy (non-hydrogen) atoms. The molecule has 0 radical (unpaired) electrons. The van der Waals surface area contributed by atoms with Gasteiger partial charge < -0.3 is 5.32 Å². The van der Waals surface area contributed by atoms with Crippen molar-refractivity contribution in [2.24, 2.45) is 0 Å². The molecule has 0 aliphatic heterocycles. The second-order valence-electron chi connectivity index (χ2n) is 3.51. The Morgan fingerprint density at radius 3 is 2.73 bits per heavy atom. The summed E-state index contributed by atoms with van der Waals surface area (Å²) in [5.74, 6) is 0.0182. The maximum absolute atomic E-state index is 11.3. The van der Waals surface area contributed by atoms with E-state index in [0.717, 1.165) is 23.0 Å². The minimum atomic E-state index is 0.0182. The van der Waals surface area contributed by atoms with E-state index in [2.05, 4.69) is 13.2 Å². The largest absolute Gasteiger partial charge is 0.326 e. The molecule has 0 fully saturated rings. The molecule has 1 amide bonds. The van der Waals surface area contributed by atoms with Gasteiger partial charge in [-0.3, -0.25) is 4.79 Å². The molecule has 2 nitrogen and oxygen atoms in total. The normalized spacial score (nSPS) is 10.0. The summed E-state index contributed by atoms with van der Waals surface area (Å²) in [6.45, 7) is 1.83. The van der Waals surface area contributed by atoms with Crippen LogP contribution in [0.4, 0.5) is 5.69 Å². The van der Waals surface area contributed by atoms with Gasteiger partial charge in [0, 0.05) is 17.1 Å². The number of carbonyl (C=O) groups excluding carboxylic acids is 1. The highest BCUT2D eigenvalue weighted by Crippen LogP contribution is 2.19. The van der Waals surface area contributed by atoms with Crippen LogP contribution in [0.2, 0.25) is 5.02 Å². The molecule has 0 bridgehead atoms. The van der Waals surface area contributed by atoms with Crippen molar-refractivity contribution in [3.63, 3.8) is 0 Å². The summed E-state index contributed by atoms with van der Waals surface area (Å²) in [7, 11) is 4.02. The van der Waals surface area contributed by atoms with Crippen LogP contribution in [0.1, 0.15) is 18.9 Å². The standard InChI is InChI=1S/C10H14B2ClNO/c1-2-10(15)14-9-4-8(13)7(12)3-6(9)5-11/h3-4H,2,5,11-12H2,1H3,(H,14,15). The third kappa shape index (κ3) is 3.03. The van der Waals surface area contributed by atoms with Crippen molar-refractivity contribution in [2.75, 3.05) is 5.32 Å². The smallest absolute Gasteiger partial charge is 0.224 e. The van der Waals surface area contributed by atoms with Gasteiger partial charge in [0.15, 0.2) is 0 Å². The zero-order valence-corrected chi connectivity index (χ0v) is 10.1. The van der Waals surface area contributed by atoms with Crippen molar-refractivity contribution < 1.29 is 4.79 Å². The van der Waals surface area contributed by atoms with Crippen LogP contribution in [0.15, 0.2) is 12.1 Å². The van der Waals surface area contributed by atoms with Crippen LogP contribution in [-0.2, 0) is 11.1 Å². The highest BCUT2D eigenvalue weighted by Gasteiger charge is 2.07. The van der Waals surface area contributed by atoms with E-state index in [-0.39, 0.29) is 5.91 Å². The SMILES string of the molecule is BCc1cc(B)c(Cl)cc1NC(=O)CC. The van der Waals surface area contributed by atoms with Crippen LogP contribution in [0.5, 0.6) is 0 Å². The molecule has 0 spiro atoms. The number of anilines is 1. The average Bonchev–Trinajstić information content (AvgIpc) is 2.22.